The summed E-state index contributed by atoms with van der Waals surface area (Å²) in [4.78, 5) is 16.6. The van der Waals surface area contributed by atoms with Crippen molar-refractivity contribution >= 4 is 5.91 Å². The standard InChI is InChI=1S/C6H4F3N3O/c7-6(8,9)4-2-11-3(1-12-4)5(10)13/h1-2H,(H2,10,13). The van der Waals surface area contributed by atoms with E-state index in [4.69, 9.17) is 5.73 Å². The molecule has 0 aliphatic rings. The summed E-state index contributed by atoms with van der Waals surface area (Å²) in [5.41, 5.74) is 3.30. The van der Waals surface area contributed by atoms with E-state index < -0.39 is 17.8 Å². The zero-order chi connectivity index (χ0) is 10.1. The summed E-state index contributed by atoms with van der Waals surface area (Å²) in [5, 5.41) is 0. The van der Waals surface area contributed by atoms with Crippen LogP contribution in [0.1, 0.15) is 16.2 Å². The Balaban J connectivity index is 3.01. The Labute approximate surface area is 70.6 Å². The minimum absolute atomic E-state index is 0.298. The highest BCUT2D eigenvalue weighted by Gasteiger charge is 2.32. The lowest BCUT2D eigenvalue weighted by atomic mass is 10.4. The molecule has 0 unspecified atom stereocenters. The number of amides is 1. The molecule has 1 aromatic heterocycles. The Morgan fingerprint density at radius 2 is 1.92 bits per heavy atom. The zero-order valence-electron chi connectivity index (χ0n) is 6.17. The first kappa shape index (κ1) is 9.43. The van der Waals surface area contributed by atoms with Crippen molar-refractivity contribution < 1.29 is 18.0 Å². The molecular formula is C6H4F3N3O. The van der Waals surface area contributed by atoms with E-state index in [9.17, 15) is 18.0 Å². The fraction of sp³-hybridized carbons (Fsp3) is 0.167. The van der Waals surface area contributed by atoms with E-state index in [0.717, 1.165) is 0 Å². The number of halogens is 3. The van der Waals surface area contributed by atoms with Gasteiger partial charge in [0.05, 0.1) is 12.4 Å². The normalized spacial score (nSPS) is 11.3. The third kappa shape index (κ3) is 2.14. The highest BCUT2D eigenvalue weighted by atomic mass is 19.4. The lowest BCUT2D eigenvalue weighted by molar-refractivity contribution is -0.141. The molecule has 1 aromatic rings. The van der Waals surface area contributed by atoms with Crippen molar-refractivity contribution in [1.82, 2.24) is 9.97 Å². The van der Waals surface area contributed by atoms with Gasteiger partial charge in [-0.1, -0.05) is 0 Å². The minimum Gasteiger partial charge on any atom is -0.364 e. The Hall–Kier alpha value is -1.66. The lowest BCUT2D eigenvalue weighted by Gasteiger charge is -2.03. The molecule has 0 atom stereocenters. The van der Waals surface area contributed by atoms with Gasteiger partial charge < -0.3 is 5.73 Å². The van der Waals surface area contributed by atoms with Crippen LogP contribution in [-0.4, -0.2) is 15.9 Å². The molecule has 0 fully saturated rings. The van der Waals surface area contributed by atoms with Crippen LogP contribution in [0.25, 0.3) is 0 Å². The molecule has 0 saturated carbocycles. The van der Waals surface area contributed by atoms with E-state index in [0.29, 0.717) is 12.4 Å². The van der Waals surface area contributed by atoms with Crippen molar-refractivity contribution in [3.05, 3.63) is 23.8 Å². The van der Waals surface area contributed by atoms with Crippen LogP contribution in [0.4, 0.5) is 13.2 Å². The highest BCUT2D eigenvalue weighted by Crippen LogP contribution is 2.26. The summed E-state index contributed by atoms with van der Waals surface area (Å²) < 4.78 is 35.7. The summed E-state index contributed by atoms with van der Waals surface area (Å²) in [7, 11) is 0. The zero-order valence-corrected chi connectivity index (χ0v) is 6.17. The minimum atomic E-state index is -4.55. The van der Waals surface area contributed by atoms with Gasteiger partial charge >= 0.3 is 6.18 Å². The number of rotatable bonds is 1. The molecule has 13 heavy (non-hydrogen) atoms. The van der Waals surface area contributed by atoms with Crippen LogP contribution in [0.15, 0.2) is 12.4 Å². The van der Waals surface area contributed by atoms with Crippen LogP contribution >= 0.6 is 0 Å². The summed E-state index contributed by atoms with van der Waals surface area (Å²) in [6.07, 6.45) is -3.41. The number of nitrogens with zero attached hydrogens (tertiary/aromatic N) is 2. The molecular weight excluding hydrogens is 187 g/mol. The van der Waals surface area contributed by atoms with Gasteiger partial charge in [-0.3, -0.25) is 4.79 Å². The van der Waals surface area contributed by atoms with Crippen LogP contribution < -0.4 is 5.73 Å². The number of hydrogen-bond acceptors (Lipinski definition) is 3. The maximum atomic E-state index is 11.9. The van der Waals surface area contributed by atoms with Crippen LogP contribution in [-0.2, 0) is 6.18 Å². The molecule has 0 radical (unpaired) electrons. The third-order valence-corrected chi connectivity index (χ3v) is 1.19. The smallest absolute Gasteiger partial charge is 0.364 e. The fourth-order valence-electron chi connectivity index (χ4n) is 0.602. The van der Waals surface area contributed by atoms with Crippen molar-refractivity contribution in [2.45, 2.75) is 6.18 Å². The molecule has 2 N–H and O–H groups in total. The average Bonchev–Trinajstić information content (AvgIpc) is 2.03. The quantitative estimate of drug-likeness (QED) is 0.706. The molecule has 70 valence electrons. The van der Waals surface area contributed by atoms with Gasteiger partial charge in [0.15, 0.2) is 5.69 Å². The maximum Gasteiger partial charge on any atom is 0.434 e. The molecule has 0 aromatic carbocycles. The second kappa shape index (κ2) is 3.00. The highest BCUT2D eigenvalue weighted by molar-refractivity contribution is 5.90. The maximum absolute atomic E-state index is 11.9. The first-order valence-corrected chi connectivity index (χ1v) is 3.10. The number of aromatic nitrogens is 2. The van der Waals surface area contributed by atoms with Gasteiger partial charge in [-0.05, 0) is 0 Å². The average molecular weight is 191 g/mol. The van der Waals surface area contributed by atoms with Crippen LogP contribution in [0.3, 0.4) is 0 Å². The van der Waals surface area contributed by atoms with Crippen LogP contribution in [0, 0.1) is 0 Å². The van der Waals surface area contributed by atoms with Crippen molar-refractivity contribution in [2.75, 3.05) is 0 Å². The van der Waals surface area contributed by atoms with Gasteiger partial charge in [-0.15, -0.1) is 0 Å². The summed E-state index contributed by atoms with van der Waals surface area (Å²) in [6.45, 7) is 0. The molecule has 0 saturated heterocycles. The number of alkyl halides is 3. The fourth-order valence-corrected chi connectivity index (χ4v) is 0.602. The number of carbonyl (C=O) groups excluding carboxylic acids is 1. The molecule has 1 heterocycles. The molecule has 4 nitrogen and oxygen atoms in total. The summed E-state index contributed by atoms with van der Waals surface area (Å²) in [5.74, 6) is -0.916. The molecule has 0 aliphatic heterocycles. The number of primary amides is 1. The SMILES string of the molecule is NC(=O)c1cnc(C(F)(F)F)cn1. The Morgan fingerprint density at radius 3 is 2.23 bits per heavy atom. The van der Waals surface area contributed by atoms with E-state index in [2.05, 4.69) is 9.97 Å². The monoisotopic (exact) mass is 191 g/mol. The summed E-state index contributed by atoms with van der Waals surface area (Å²) >= 11 is 0. The molecule has 7 heteroatoms. The molecule has 0 bridgehead atoms. The van der Waals surface area contributed by atoms with Gasteiger partial charge in [0.2, 0.25) is 0 Å². The van der Waals surface area contributed by atoms with Crippen molar-refractivity contribution in [3.63, 3.8) is 0 Å². The summed E-state index contributed by atoms with van der Waals surface area (Å²) in [6, 6.07) is 0. The van der Waals surface area contributed by atoms with E-state index in [1.165, 1.54) is 0 Å². The van der Waals surface area contributed by atoms with Gasteiger partial charge in [0.1, 0.15) is 5.69 Å². The topological polar surface area (TPSA) is 68.9 Å². The number of carbonyl (C=O) groups is 1. The van der Waals surface area contributed by atoms with E-state index in [-0.39, 0.29) is 5.69 Å². The molecule has 0 spiro atoms. The van der Waals surface area contributed by atoms with E-state index >= 15 is 0 Å². The second-order valence-corrected chi connectivity index (χ2v) is 2.15. The Kier molecular flexibility index (Phi) is 2.18. The number of nitrogens with two attached hydrogens (primary N) is 1. The first-order valence-electron chi connectivity index (χ1n) is 3.10. The predicted octanol–water partition coefficient (Wildman–Crippen LogP) is 0.594. The molecule has 0 aliphatic carbocycles. The number of hydrogen-bond donors (Lipinski definition) is 1. The van der Waals surface area contributed by atoms with Crippen molar-refractivity contribution in [3.8, 4) is 0 Å². The van der Waals surface area contributed by atoms with Gasteiger partial charge in [0, 0.05) is 0 Å². The molecule has 1 rings (SSSR count). The third-order valence-electron chi connectivity index (χ3n) is 1.19. The van der Waals surface area contributed by atoms with Crippen LogP contribution in [0.2, 0.25) is 0 Å². The second-order valence-electron chi connectivity index (χ2n) is 2.15. The van der Waals surface area contributed by atoms with Gasteiger partial charge in [-0.25, -0.2) is 9.97 Å². The lowest BCUT2D eigenvalue weighted by Crippen LogP contribution is -2.15. The Morgan fingerprint density at radius 1 is 1.31 bits per heavy atom. The van der Waals surface area contributed by atoms with Crippen molar-refractivity contribution in [1.29, 1.82) is 0 Å². The van der Waals surface area contributed by atoms with Gasteiger partial charge in [-0.2, -0.15) is 13.2 Å². The van der Waals surface area contributed by atoms with Crippen molar-refractivity contribution in [2.24, 2.45) is 5.73 Å². The van der Waals surface area contributed by atoms with E-state index in [1.54, 1.807) is 0 Å². The van der Waals surface area contributed by atoms with E-state index in [1.807, 2.05) is 0 Å². The molecule has 1 amide bonds. The largest absolute Gasteiger partial charge is 0.434 e. The van der Waals surface area contributed by atoms with Gasteiger partial charge in [0.25, 0.3) is 5.91 Å². The van der Waals surface area contributed by atoms with Crippen LogP contribution in [0.5, 0.6) is 0 Å². The first-order chi connectivity index (χ1) is 5.91. The Bertz CT molecular complexity index is 319. The predicted molar refractivity (Wildman–Crippen MR) is 35.6 cm³/mol.